The molecule has 0 aromatic carbocycles. The molecule has 1 heterocycles. The number of amidine groups is 1. The van der Waals surface area contributed by atoms with Crippen molar-refractivity contribution in [1.29, 1.82) is 0 Å². The lowest BCUT2D eigenvalue weighted by atomic mass is 10.0. The largest absolute Gasteiger partial charge is 0.371 e. The lowest BCUT2D eigenvalue weighted by Gasteiger charge is -2.11. The number of hydrogen-bond acceptors (Lipinski definition) is 3. The summed E-state index contributed by atoms with van der Waals surface area (Å²) in [6.07, 6.45) is 19.3. The van der Waals surface area contributed by atoms with Crippen molar-refractivity contribution in [1.82, 2.24) is 5.32 Å². The highest BCUT2D eigenvalue weighted by molar-refractivity contribution is 5.88. The van der Waals surface area contributed by atoms with Gasteiger partial charge in [0.15, 0.2) is 0 Å². The second-order valence-corrected chi connectivity index (χ2v) is 6.83. The Morgan fingerprint density at radius 3 is 1.82 bits per heavy atom. The normalized spacial score (nSPS) is 15.6. The summed E-state index contributed by atoms with van der Waals surface area (Å²) in [5.41, 5.74) is 6.12. The summed E-state index contributed by atoms with van der Waals surface area (Å²) in [7, 11) is 0. The van der Waals surface area contributed by atoms with Crippen LogP contribution in [0, 0.1) is 0 Å². The maximum absolute atomic E-state index is 6.12. The van der Waals surface area contributed by atoms with Gasteiger partial charge < -0.3 is 11.1 Å². The molecule has 1 aliphatic heterocycles. The van der Waals surface area contributed by atoms with Gasteiger partial charge in [0.25, 0.3) is 0 Å². The molecule has 0 spiro atoms. The Morgan fingerprint density at radius 1 is 0.864 bits per heavy atom. The van der Waals surface area contributed by atoms with E-state index in [1.807, 2.05) is 0 Å². The number of nitrogens with one attached hydrogen (secondary N) is 1. The van der Waals surface area contributed by atoms with Crippen molar-refractivity contribution in [2.24, 2.45) is 10.7 Å². The molecule has 0 aromatic rings. The van der Waals surface area contributed by atoms with E-state index in [9.17, 15) is 0 Å². The van der Waals surface area contributed by atoms with E-state index < -0.39 is 0 Å². The molecule has 1 aliphatic rings. The van der Waals surface area contributed by atoms with Gasteiger partial charge in [0.2, 0.25) is 0 Å². The molecule has 0 aromatic heterocycles. The highest BCUT2D eigenvalue weighted by Crippen LogP contribution is 2.13. The molecule has 3 N–H and O–H groups in total. The van der Waals surface area contributed by atoms with Crippen molar-refractivity contribution < 1.29 is 0 Å². The first-order chi connectivity index (χ1) is 10.8. The molecular formula is C19H39N3. The first-order valence-corrected chi connectivity index (χ1v) is 9.88. The quantitative estimate of drug-likeness (QED) is 0.427. The highest BCUT2D eigenvalue weighted by Gasteiger charge is 2.13. The molecule has 3 heteroatoms. The molecule has 1 rings (SSSR count). The lowest BCUT2D eigenvalue weighted by molar-refractivity contribution is 0.532. The maximum Gasteiger partial charge on any atom is 0.113 e. The van der Waals surface area contributed by atoms with Crippen molar-refractivity contribution in [3.05, 3.63) is 0 Å². The van der Waals surface area contributed by atoms with E-state index in [0.29, 0.717) is 0 Å². The summed E-state index contributed by atoms with van der Waals surface area (Å²) < 4.78 is 0. The van der Waals surface area contributed by atoms with Gasteiger partial charge in [0.05, 0.1) is 12.6 Å². The minimum Gasteiger partial charge on any atom is -0.371 e. The van der Waals surface area contributed by atoms with Crippen molar-refractivity contribution in [3.8, 4) is 0 Å². The molecule has 0 radical (unpaired) electrons. The van der Waals surface area contributed by atoms with Gasteiger partial charge in [0.1, 0.15) is 5.84 Å². The van der Waals surface area contributed by atoms with Crippen LogP contribution >= 0.6 is 0 Å². The van der Waals surface area contributed by atoms with E-state index in [0.717, 1.165) is 25.3 Å². The fourth-order valence-corrected chi connectivity index (χ4v) is 3.18. The van der Waals surface area contributed by atoms with Gasteiger partial charge in [0, 0.05) is 6.54 Å². The third-order valence-electron chi connectivity index (χ3n) is 4.67. The Hall–Kier alpha value is -0.570. The number of rotatable bonds is 15. The van der Waals surface area contributed by atoms with Crippen LogP contribution in [-0.4, -0.2) is 25.0 Å². The SMILES string of the molecule is CCCCCCCCCCCCCCCC(N)C1=NCCN1. The van der Waals surface area contributed by atoms with E-state index in [2.05, 4.69) is 17.2 Å². The second kappa shape index (κ2) is 14.0. The van der Waals surface area contributed by atoms with E-state index in [1.54, 1.807) is 0 Å². The maximum atomic E-state index is 6.12. The number of nitrogens with zero attached hydrogens (tertiary/aromatic N) is 1. The molecule has 1 atom stereocenters. The molecule has 0 saturated heterocycles. The zero-order valence-electron chi connectivity index (χ0n) is 14.9. The van der Waals surface area contributed by atoms with Gasteiger partial charge in [-0.25, -0.2) is 0 Å². The van der Waals surface area contributed by atoms with Crippen LogP contribution in [0.1, 0.15) is 96.8 Å². The average molecular weight is 310 g/mol. The Kier molecular flexibility index (Phi) is 12.4. The van der Waals surface area contributed by atoms with Crippen LogP contribution in [0.5, 0.6) is 0 Å². The third kappa shape index (κ3) is 10.2. The molecule has 1 unspecified atom stereocenters. The molecule has 0 amide bonds. The predicted molar refractivity (Wildman–Crippen MR) is 98.6 cm³/mol. The highest BCUT2D eigenvalue weighted by atomic mass is 15.1. The average Bonchev–Trinajstić information content (AvgIpc) is 3.06. The minimum atomic E-state index is 0.148. The smallest absolute Gasteiger partial charge is 0.113 e. The molecule has 0 saturated carbocycles. The molecular weight excluding hydrogens is 270 g/mol. The van der Waals surface area contributed by atoms with Gasteiger partial charge in [-0.05, 0) is 6.42 Å². The number of nitrogens with two attached hydrogens (primary N) is 1. The Labute approximate surface area is 138 Å². The summed E-state index contributed by atoms with van der Waals surface area (Å²) in [6.45, 7) is 4.16. The van der Waals surface area contributed by atoms with Gasteiger partial charge in [-0.15, -0.1) is 0 Å². The number of unbranched alkanes of at least 4 members (excludes halogenated alkanes) is 12. The summed E-state index contributed by atoms with van der Waals surface area (Å²) in [5, 5.41) is 3.28. The first-order valence-electron chi connectivity index (χ1n) is 9.88. The Balaban J connectivity index is 1.74. The number of aliphatic imine (C=N–C) groups is 1. The van der Waals surface area contributed by atoms with E-state index >= 15 is 0 Å². The lowest BCUT2D eigenvalue weighted by Crippen LogP contribution is -2.37. The Bertz CT molecular complexity index is 276. The van der Waals surface area contributed by atoms with Crippen molar-refractivity contribution in [2.75, 3.05) is 13.1 Å². The van der Waals surface area contributed by atoms with E-state index in [1.165, 1.54) is 83.5 Å². The molecule has 0 bridgehead atoms. The standard InChI is InChI=1S/C19H39N3/c1-2-3-4-5-6-7-8-9-10-11-12-13-14-15-18(20)19-21-16-17-22-19/h18H,2-17,20H2,1H3,(H,21,22). The summed E-state index contributed by atoms with van der Waals surface area (Å²) in [5.74, 6) is 1.04. The minimum absolute atomic E-state index is 0.148. The molecule has 0 fully saturated rings. The monoisotopic (exact) mass is 309 g/mol. The van der Waals surface area contributed by atoms with E-state index in [4.69, 9.17) is 5.73 Å². The third-order valence-corrected chi connectivity index (χ3v) is 4.67. The zero-order valence-corrected chi connectivity index (χ0v) is 14.9. The summed E-state index contributed by atoms with van der Waals surface area (Å²) >= 11 is 0. The predicted octanol–water partition coefficient (Wildman–Crippen LogP) is 4.80. The molecule has 22 heavy (non-hydrogen) atoms. The zero-order chi connectivity index (χ0) is 15.9. The molecule has 3 nitrogen and oxygen atoms in total. The van der Waals surface area contributed by atoms with Crippen molar-refractivity contribution in [3.63, 3.8) is 0 Å². The van der Waals surface area contributed by atoms with Crippen LogP contribution in [0.25, 0.3) is 0 Å². The van der Waals surface area contributed by atoms with Gasteiger partial charge in [-0.3, -0.25) is 4.99 Å². The van der Waals surface area contributed by atoms with Gasteiger partial charge >= 0.3 is 0 Å². The fraction of sp³-hybridized carbons (Fsp3) is 0.947. The van der Waals surface area contributed by atoms with Crippen LogP contribution in [-0.2, 0) is 0 Å². The Morgan fingerprint density at radius 2 is 1.36 bits per heavy atom. The molecule has 0 aliphatic carbocycles. The van der Waals surface area contributed by atoms with Crippen molar-refractivity contribution >= 4 is 5.84 Å². The summed E-state index contributed by atoms with van der Waals surface area (Å²) in [6, 6.07) is 0.148. The van der Waals surface area contributed by atoms with Crippen LogP contribution in [0.3, 0.4) is 0 Å². The van der Waals surface area contributed by atoms with Crippen molar-refractivity contribution in [2.45, 2.75) is 103 Å². The second-order valence-electron chi connectivity index (χ2n) is 6.83. The van der Waals surface area contributed by atoms with Gasteiger partial charge in [-0.1, -0.05) is 90.4 Å². The fourth-order valence-electron chi connectivity index (χ4n) is 3.18. The van der Waals surface area contributed by atoms with Gasteiger partial charge in [-0.2, -0.15) is 0 Å². The number of hydrogen-bond donors (Lipinski definition) is 2. The van der Waals surface area contributed by atoms with Crippen LogP contribution < -0.4 is 11.1 Å². The van der Waals surface area contributed by atoms with Crippen LogP contribution in [0.15, 0.2) is 4.99 Å². The topological polar surface area (TPSA) is 50.4 Å². The van der Waals surface area contributed by atoms with E-state index in [-0.39, 0.29) is 6.04 Å². The van der Waals surface area contributed by atoms with Crippen LogP contribution in [0.4, 0.5) is 0 Å². The first kappa shape index (κ1) is 19.5. The molecule has 130 valence electrons. The summed E-state index contributed by atoms with van der Waals surface area (Å²) in [4.78, 5) is 4.40. The van der Waals surface area contributed by atoms with Crippen LogP contribution in [0.2, 0.25) is 0 Å².